The van der Waals surface area contributed by atoms with E-state index in [4.69, 9.17) is 0 Å². The van der Waals surface area contributed by atoms with Crippen LogP contribution in [0.3, 0.4) is 0 Å². The van der Waals surface area contributed by atoms with Crippen molar-refractivity contribution in [2.24, 2.45) is 0 Å². The molecule has 7 heteroatoms. The lowest BCUT2D eigenvalue weighted by atomic mass is 9.94. The maximum Gasteiger partial charge on any atom is 0.247 e. The number of nitrogens with one attached hydrogen (secondary N) is 2. The fourth-order valence-corrected chi connectivity index (χ4v) is 6.09. The van der Waals surface area contributed by atoms with Crippen LogP contribution in [-0.2, 0) is 22.6 Å². The van der Waals surface area contributed by atoms with Crippen LogP contribution in [0, 0.1) is 0 Å². The lowest BCUT2D eigenvalue weighted by molar-refractivity contribution is -0.141. The monoisotopic (exact) mass is 528 g/mol. The first-order chi connectivity index (χ1) is 18.5. The molecule has 2 heterocycles. The van der Waals surface area contributed by atoms with Gasteiger partial charge in [-0.25, -0.2) is 0 Å². The van der Waals surface area contributed by atoms with Crippen LogP contribution in [0.4, 0.5) is 5.69 Å². The third-order valence-corrected chi connectivity index (χ3v) is 8.34. The highest BCUT2D eigenvalue weighted by Crippen LogP contribution is 2.29. The maximum atomic E-state index is 14.1. The van der Waals surface area contributed by atoms with Gasteiger partial charge in [-0.05, 0) is 53.6 Å². The number of carbonyl (C=O) groups is 2. The second-order valence-electron chi connectivity index (χ2n) is 10.4. The van der Waals surface area contributed by atoms with Crippen molar-refractivity contribution in [1.82, 2.24) is 15.2 Å². The van der Waals surface area contributed by atoms with E-state index in [9.17, 15) is 9.59 Å². The molecule has 1 aliphatic rings. The van der Waals surface area contributed by atoms with Crippen molar-refractivity contribution in [2.75, 3.05) is 19.0 Å². The second-order valence-corrected chi connectivity index (χ2v) is 11.4. The summed E-state index contributed by atoms with van der Waals surface area (Å²) in [6.45, 7) is 0.386. The van der Waals surface area contributed by atoms with Crippen LogP contribution in [0.2, 0.25) is 0 Å². The highest BCUT2D eigenvalue weighted by atomic mass is 32.1. The minimum Gasteiger partial charge on any atom is -0.378 e. The Balaban J connectivity index is 1.50. The van der Waals surface area contributed by atoms with Gasteiger partial charge in [0.2, 0.25) is 11.8 Å². The topological polar surface area (TPSA) is 68.4 Å². The van der Waals surface area contributed by atoms with Gasteiger partial charge in [0, 0.05) is 47.8 Å². The Morgan fingerprint density at radius 3 is 2.47 bits per heavy atom. The number of thiophene rings is 1. The summed E-state index contributed by atoms with van der Waals surface area (Å²) in [7, 11) is 3.99. The molecular weight excluding hydrogens is 492 g/mol. The molecule has 0 saturated heterocycles. The molecule has 0 unspecified atom stereocenters. The Labute approximate surface area is 228 Å². The van der Waals surface area contributed by atoms with E-state index >= 15 is 0 Å². The van der Waals surface area contributed by atoms with E-state index in [0.29, 0.717) is 6.54 Å². The number of H-pyrrole nitrogens is 1. The van der Waals surface area contributed by atoms with Gasteiger partial charge in [-0.15, -0.1) is 11.3 Å². The third kappa shape index (κ3) is 5.94. The molecule has 4 aromatic rings. The van der Waals surface area contributed by atoms with Gasteiger partial charge in [0.05, 0.1) is 13.0 Å². The van der Waals surface area contributed by atoms with Crippen molar-refractivity contribution in [3.8, 4) is 0 Å². The molecule has 6 nitrogen and oxygen atoms in total. The van der Waals surface area contributed by atoms with Gasteiger partial charge in [-0.1, -0.05) is 55.7 Å². The lowest BCUT2D eigenvalue weighted by Crippen LogP contribution is -2.47. The van der Waals surface area contributed by atoms with Crippen LogP contribution in [0.15, 0.2) is 72.2 Å². The summed E-state index contributed by atoms with van der Waals surface area (Å²) in [6.07, 6.45) is 7.60. The molecule has 2 N–H and O–H groups in total. The summed E-state index contributed by atoms with van der Waals surface area (Å²) < 4.78 is 0. The number of aromatic amines is 1. The highest BCUT2D eigenvalue weighted by molar-refractivity contribution is 7.09. The molecule has 2 amide bonds. The summed E-state index contributed by atoms with van der Waals surface area (Å²) in [6, 6.07) is 19.5. The van der Waals surface area contributed by atoms with Crippen LogP contribution in [-0.4, -0.2) is 41.8 Å². The van der Waals surface area contributed by atoms with Gasteiger partial charge in [0.15, 0.2) is 0 Å². The van der Waals surface area contributed by atoms with Crippen molar-refractivity contribution in [3.63, 3.8) is 0 Å². The average molecular weight is 529 g/mol. The Bertz CT molecular complexity index is 1350. The number of rotatable bonds is 9. The predicted molar refractivity (Wildman–Crippen MR) is 155 cm³/mol. The minimum atomic E-state index is -0.715. The predicted octanol–water partition coefficient (Wildman–Crippen LogP) is 6.06. The molecule has 1 saturated carbocycles. The van der Waals surface area contributed by atoms with E-state index in [1.54, 1.807) is 16.2 Å². The van der Waals surface area contributed by atoms with Crippen LogP contribution in [0.1, 0.15) is 54.1 Å². The number of hydrogen-bond acceptors (Lipinski definition) is 4. The zero-order valence-corrected chi connectivity index (χ0v) is 23.0. The molecule has 2 aromatic heterocycles. The molecule has 5 rings (SSSR count). The molecule has 0 spiro atoms. The van der Waals surface area contributed by atoms with Gasteiger partial charge in [0.25, 0.3) is 0 Å². The van der Waals surface area contributed by atoms with Crippen molar-refractivity contribution >= 4 is 39.7 Å². The number of nitrogens with zero attached hydrogens (tertiary/aromatic N) is 2. The Hall–Kier alpha value is -3.58. The Kier molecular flexibility index (Phi) is 8.13. The molecular formula is C31H36N4O2S. The van der Waals surface area contributed by atoms with E-state index in [2.05, 4.69) is 10.3 Å². The van der Waals surface area contributed by atoms with Gasteiger partial charge in [-0.2, -0.15) is 0 Å². The van der Waals surface area contributed by atoms with Gasteiger partial charge >= 0.3 is 0 Å². The van der Waals surface area contributed by atoms with Gasteiger partial charge < -0.3 is 20.1 Å². The highest BCUT2D eigenvalue weighted by Gasteiger charge is 2.33. The average Bonchev–Trinajstić information content (AvgIpc) is 3.59. The summed E-state index contributed by atoms with van der Waals surface area (Å²) in [5.41, 5.74) is 3.82. The van der Waals surface area contributed by atoms with Gasteiger partial charge in [0.1, 0.15) is 6.04 Å². The standard InChI is InChI=1S/C31H36N4O2S/c1-34(2)25-16-14-22(15-17-25)30(31(37)33-24-9-4-3-5-10-24)35(21-26-11-8-18-38-26)29(36)19-23-20-32-28-13-7-6-12-27(23)28/h6-8,11-18,20,24,30,32H,3-5,9-10,19,21H2,1-2H3,(H,33,37)/t30-/m0/s1. The molecule has 38 heavy (non-hydrogen) atoms. The number of fused-ring (bicyclic) bond motifs is 1. The molecule has 1 fully saturated rings. The van der Waals surface area contributed by atoms with Crippen molar-refractivity contribution in [3.05, 3.63) is 88.2 Å². The van der Waals surface area contributed by atoms with E-state index in [0.717, 1.165) is 58.3 Å². The SMILES string of the molecule is CN(C)c1ccc([C@@H](C(=O)NC2CCCCC2)N(Cc2cccs2)C(=O)Cc2c[nH]c3ccccc23)cc1. The number of amides is 2. The van der Waals surface area contributed by atoms with E-state index in [-0.39, 0.29) is 24.3 Å². The zero-order chi connectivity index (χ0) is 26.5. The first kappa shape index (κ1) is 26.0. The number of para-hydroxylation sites is 1. The summed E-state index contributed by atoms with van der Waals surface area (Å²) >= 11 is 1.61. The Morgan fingerprint density at radius 1 is 1.00 bits per heavy atom. The quantitative estimate of drug-likeness (QED) is 0.278. The smallest absolute Gasteiger partial charge is 0.247 e. The first-order valence-electron chi connectivity index (χ1n) is 13.4. The number of hydrogen-bond donors (Lipinski definition) is 2. The number of anilines is 1. The summed E-state index contributed by atoms with van der Waals surface area (Å²) in [4.78, 5) is 36.2. The maximum absolute atomic E-state index is 14.1. The molecule has 0 bridgehead atoms. The zero-order valence-electron chi connectivity index (χ0n) is 22.2. The number of benzene rings is 2. The van der Waals surface area contributed by atoms with E-state index in [1.165, 1.54) is 6.42 Å². The van der Waals surface area contributed by atoms with Crippen LogP contribution < -0.4 is 10.2 Å². The summed E-state index contributed by atoms with van der Waals surface area (Å²) in [5.74, 6) is -0.165. The van der Waals surface area contributed by atoms with Crippen LogP contribution in [0.25, 0.3) is 10.9 Å². The van der Waals surface area contributed by atoms with E-state index in [1.807, 2.05) is 91.2 Å². The Morgan fingerprint density at radius 2 is 1.76 bits per heavy atom. The largest absolute Gasteiger partial charge is 0.378 e. The molecule has 1 atom stereocenters. The van der Waals surface area contributed by atoms with Crippen molar-refractivity contribution in [2.45, 2.75) is 57.2 Å². The normalized spacial score (nSPS) is 14.8. The van der Waals surface area contributed by atoms with Crippen molar-refractivity contribution < 1.29 is 9.59 Å². The number of carbonyl (C=O) groups excluding carboxylic acids is 2. The van der Waals surface area contributed by atoms with Crippen molar-refractivity contribution in [1.29, 1.82) is 0 Å². The van der Waals surface area contributed by atoms with Crippen LogP contribution in [0.5, 0.6) is 0 Å². The molecule has 0 aliphatic heterocycles. The molecule has 0 radical (unpaired) electrons. The minimum absolute atomic E-state index is 0.0661. The third-order valence-electron chi connectivity index (χ3n) is 7.48. The van der Waals surface area contributed by atoms with Crippen LogP contribution >= 0.6 is 11.3 Å². The lowest BCUT2D eigenvalue weighted by Gasteiger charge is -2.33. The molecule has 2 aromatic carbocycles. The fraction of sp³-hybridized carbons (Fsp3) is 0.355. The molecule has 198 valence electrons. The van der Waals surface area contributed by atoms with E-state index < -0.39 is 6.04 Å². The summed E-state index contributed by atoms with van der Waals surface area (Å²) in [5, 5.41) is 6.36. The molecule has 1 aliphatic carbocycles. The second kappa shape index (κ2) is 11.9. The number of aromatic nitrogens is 1. The first-order valence-corrected chi connectivity index (χ1v) is 14.3. The fourth-order valence-electron chi connectivity index (χ4n) is 5.39. The van der Waals surface area contributed by atoms with Gasteiger partial charge in [-0.3, -0.25) is 9.59 Å².